The maximum absolute atomic E-state index is 13.0. The fraction of sp³-hybridized carbons (Fsp3) is 0.455. The predicted molar refractivity (Wildman–Crippen MR) is 158 cm³/mol. The number of rotatable bonds is 11. The van der Waals surface area contributed by atoms with E-state index in [0.29, 0.717) is 38.1 Å². The first-order valence-corrected chi connectivity index (χ1v) is 16.8. The summed E-state index contributed by atoms with van der Waals surface area (Å²) >= 11 is 28.0. The van der Waals surface area contributed by atoms with Crippen LogP contribution in [0.2, 0.25) is 0 Å². The van der Waals surface area contributed by atoms with Crippen LogP contribution in [-0.4, -0.2) is 57.6 Å². The molecule has 2 aliphatic rings. The zero-order chi connectivity index (χ0) is 27.6. The molecule has 0 saturated carbocycles. The van der Waals surface area contributed by atoms with Crippen molar-refractivity contribution in [1.29, 1.82) is 0 Å². The van der Waals surface area contributed by atoms with Crippen LogP contribution in [0.4, 0.5) is 0 Å². The molecule has 0 aromatic carbocycles. The van der Waals surface area contributed by atoms with E-state index in [0.717, 1.165) is 12.8 Å². The van der Waals surface area contributed by atoms with E-state index in [2.05, 4.69) is 5.09 Å². The summed E-state index contributed by atoms with van der Waals surface area (Å²) in [5.74, 6) is 0.879. The first-order chi connectivity index (χ1) is 17.8. The maximum Gasteiger partial charge on any atom is 0.400 e. The van der Waals surface area contributed by atoms with Crippen LogP contribution in [-0.2, 0) is 18.2 Å². The topological polar surface area (TPSA) is 74.3 Å². The Balaban J connectivity index is 0.000000375. The molecule has 2 saturated heterocycles. The number of halogens is 5. The molecule has 2 fully saturated rings. The van der Waals surface area contributed by atoms with Gasteiger partial charge in [0, 0.05) is 60.7 Å². The second kappa shape index (κ2) is 19.7. The third-order valence-corrected chi connectivity index (χ3v) is 9.94. The lowest BCUT2D eigenvalue weighted by Crippen LogP contribution is -2.33. The highest BCUT2D eigenvalue weighted by Gasteiger charge is 2.37. The fourth-order valence-electron chi connectivity index (χ4n) is 2.98. The van der Waals surface area contributed by atoms with Crippen LogP contribution in [0.3, 0.4) is 0 Å². The first-order valence-electron chi connectivity index (χ1n) is 11.3. The minimum absolute atomic E-state index is 0.409. The average Bonchev–Trinajstić information content (AvgIpc) is 2.86. The van der Waals surface area contributed by atoms with Gasteiger partial charge in [0.1, 0.15) is 0 Å². The molecule has 2 heterocycles. The molecule has 37 heavy (non-hydrogen) atoms. The summed E-state index contributed by atoms with van der Waals surface area (Å²) in [5, 5.41) is 2.77. The normalized spacial score (nSPS) is 26.2. The zero-order valence-corrected chi connectivity index (χ0v) is 26.0. The van der Waals surface area contributed by atoms with Crippen molar-refractivity contribution in [3.8, 4) is 0 Å². The van der Waals surface area contributed by atoms with Crippen molar-refractivity contribution in [2.24, 2.45) is 0 Å². The number of nitrogens with one attached hydrogen (secondary N) is 1. The summed E-state index contributed by atoms with van der Waals surface area (Å²) in [6.07, 6.45) is 18.7. The van der Waals surface area contributed by atoms with Crippen LogP contribution in [0.1, 0.15) is 19.8 Å². The van der Waals surface area contributed by atoms with Crippen LogP contribution >= 0.6 is 73.3 Å². The third-order valence-electron chi connectivity index (χ3n) is 4.49. The Labute approximate surface area is 245 Å². The number of nitrogens with zero attached hydrogens (tertiary/aromatic N) is 3. The number of allylic oxidation sites excluding steroid dienone is 6. The highest BCUT2D eigenvalue weighted by molar-refractivity contribution is 7.54. The Bertz CT molecular complexity index is 919. The standard InChI is InChI=1S/C12H16Cl3N2O2P.C10H17Cl2N2O2P/c13-5-2-1-3-8-16-9-4-12-19-20(16,18)17(10-6-14)11-7-15;1-10(12)13-17(15)14(8-5-9-16-17)7-4-2-3-6-11/h1-3,6-8,10-11H,4-5,9,12H2;2-4,7,10H,5-6,8-9H2,1H3,(H,13,15)/b2-1+,8-3+,10-6-,11-7+;3-2+,7-4+. The van der Waals surface area contributed by atoms with E-state index in [1.807, 2.05) is 0 Å². The second-order valence-electron chi connectivity index (χ2n) is 7.23. The lowest BCUT2D eigenvalue weighted by atomic mass is 10.4. The average molecular weight is 657 g/mol. The summed E-state index contributed by atoms with van der Waals surface area (Å²) < 4.78 is 41.0. The van der Waals surface area contributed by atoms with Gasteiger partial charge in [0.25, 0.3) is 0 Å². The van der Waals surface area contributed by atoms with Gasteiger partial charge in [0.05, 0.1) is 18.7 Å². The second-order valence-corrected chi connectivity index (χ2v) is 13.3. The van der Waals surface area contributed by atoms with Gasteiger partial charge in [-0.2, -0.15) is 0 Å². The molecular weight excluding hydrogens is 623 g/mol. The van der Waals surface area contributed by atoms with Gasteiger partial charge < -0.3 is 4.52 Å². The van der Waals surface area contributed by atoms with Crippen molar-refractivity contribution in [3.05, 3.63) is 72.3 Å². The third kappa shape index (κ3) is 12.6. The molecule has 3 atom stereocenters. The van der Waals surface area contributed by atoms with Gasteiger partial charge in [-0.1, -0.05) is 47.5 Å². The smallest absolute Gasteiger partial charge is 0.302 e. The van der Waals surface area contributed by atoms with Gasteiger partial charge >= 0.3 is 15.3 Å². The summed E-state index contributed by atoms with van der Waals surface area (Å²) in [7, 11) is -6.28. The lowest BCUT2D eigenvalue weighted by molar-refractivity contribution is 0.210. The monoisotopic (exact) mass is 654 g/mol. The van der Waals surface area contributed by atoms with Crippen molar-refractivity contribution < 1.29 is 18.2 Å². The SMILES string of the molecule is CC(Cl)NP1(=O)OCCCN1/C=C/C=C/CCl.O=P1(N(/C=C\Cl)/C=C/Cl)OCCCN1/C=C/C=C/CCl. The molecule has 0 aliphatic carbocycles. The van der Waals surface area contributed by atoms with Crippen LogP contribution < -0.4 is 5.09 Å². The lowest BCUT2D eigenvalue weighted by Gasteiger charge is -2.38. The first kappa shape index (κ1) is 34.7. The van der Waals surface area contributed by atoms with Gasteiger partial charge in [-0.05, 0) is 31.9 Å². The zero-order valence-electron chi connectivity index (χ0n) is 20.4. The molecule has 210 valence electrons. The van der Waals surface area contributed by atoms with Crippen LogP contribution in [0.15, 0.2) is 72.3 Å². The van der Waals surface area contributed by atoms with Gasteiger partial charge in [-0.3, -0.25) is 18.5 Å². The van der Waals surface area contributed by atoms with Gasteiger partial charge in [-0.15, -0.1) is 34.8 Å². The predicted octanol–water partition coefficient (Wildman–Crippen LogP) is 8.15. The van der Waals surface area contributed by atoms with Crippen molar-refractivity contribution in [1.82, 2.24) is 19.1 Å². The molecule has 2 aliphatic heterocycles. The van der Waals surface area contributed by atoms with Gasteiger partial charge in [0.15, 0.2) is 0 Å². The number of hydrogen-bond donors (Lipinski definition) is 1. The highest BCUT2D eigenvalue weighted by atomic mass is 35.5. The molecule has 0 spiro atoms. The number of alkyl halides is 3. The fourth-order valence-corrected chi connectivity index (χ4v) is 7.83. The van der Waals surface area contributed by atoms with Gasteiger partial charge in [-0.25, -0.2) is 14.2 Å². The van der Waals surface area contributed by atoms with E-state index < -0.39 is 20.8 Å². The Morgan fingerprint density at radius 3 is 1.92 bits per heavy atom. The minimum atomic E-state index is -3.24. The molecule has 0 amide bonds. The molecular formula is C22H33Cl5N4O4P2. The number of hydrogen-bond acceptors (Lipinski definition) is 4. The molecule has 0 radical (unpaired) electrons. The van der Waals surface area contributed by atoms with Crippen molar-refractivity contribution >= 4 is 73.3 Å². The van der Waals surface area contributed by atoms with Crippen LogP contribution in [0, 0.1) is 0 Å². The van der Waals surface area contributed by atoms with E-state index in [9.17, 15) is 9.13 Å². The van der Waals surface area contributed by atoms with Crippen LogP contribution in [0.5, 0.6) is 0 Å². The molecule has 3 unspecified atom stereocenters. The van der Waals surface area contributed by atoms with E-state index in [1.165, 1.54) is 28.1 Å². The van der Waals surface area contributed by atoms with Crippen molar-refractivity contribution in [3.63, 3.8) is 0 Å². The molecule has 0 aromatic rings. The van der Waals surface area contributed by atoms with Crippen LogP contribution in [0.25, 0.3) is 0 Å². The minimum Gasteiger partial charge on any atom is -0.302 e. The van der Waals surface area contributed by atoms with Gasteiger partial charge in [0.2, 0.25) is 0 Å². The van der Waals surface area contributed by atoms with Crippen molar-refractivity contribution in [2.75, 3.05) is 38.1 Å². The van der Waals surface area contributed by atoms with Crippen molar-refractivity contribution in [2.45, 2.75) is 25.3 Å². The molecule has 0 bridgehead atoms. The summed E-state index contributed by atoms with van der Waals surface area (Å²) in [6.45, 7) is 3.91. The molecule has 0 aromatic heterocycles. The Kier molecular flexibility index (Phi) is 18.4. The molecule has 8 nitrogen and oxygen atoms in total. The maximum atomic E-state index is 13.0. The summed E-state index contributed by atoms with van der Waals surface area (Å²) in [6, 6.07) is 0. The van der Waals surface area contributed by atoms with E-state index in [1.54, 1.807) is 65.1 Å². The molecule has 15 heteroatoms. The molecule has 2 rings (SSSR count). The highest BCUT2D eigenvalue weighted by Crippen LogP contribution is 2.57. The Hall–Kier alpha value is -0.370. The van der Waals surface area contributed by atoms with E-state index >= 15 is 0 Å². The largest absolute Gasteiger partial charge is 0.400 e. The summed E-state index contributed by atoms with van der Waals surface area (Å²) in [5.41, 5.74) is 2.10. The van der Waals surface area contributed by atoms with E-state index in [-0.39, 0.29) is 0 Å². The quantitative estimate of drug-likeness (QED) is 0.103. The molecule has 1 N–H and O–H groups in total. The van der Waals surface area contributed by atoms with E-state index in [4.69, 9.17) is 67.1 Å². The Morgan fingerprint density at radius 1 is 0.892 bits per heavy atom. The Morgan fingerprint density at radius 2 is 1.41 bits per heavy atom. The summed E-state index contributed by atoms with van der Waals surface area (Å²) in [4.78, 5) is 0.